The van der Waals surface area contributed by atoms with Crippen molar-refractivity contribution in [1.82, 2.24) is 34.0 Å². The van der Waals surface area contributed by atoms with E-state index in [9.17, 15) is 27.9 Å². The van der Waals surface area contributed by atoms with E-state index in [2.05, 4.69) is 15.2 Å². The van der Waals surface area contributed by atoms with E-state index >= 15 is 0 Å². The summed E-state index contributed by atoms with van der Waals surface area (Å²) in [6.45, 7) is -0.647. The number of aliphatic hydroxyl groups is 1. The Kier molecular flexibility index (Phi) is 7.51. The van der Waals surface area contributed by atoms with E-state index in [1.165, 1.54) is 35.3 Å². The second kappa shape index (κ2) is 10.9. The third-order valence-corrected chi connectivity index (χ3v) is 6.80. The highest BCUT2D eigenvalue weighted by Crippen LogP contribution is 2.30. The van der Waals surface area contributed by atoms with Crippen LogP contribution in [-0.4, -0.2) is 70.9 Å². The SMILES string of the molecule is CN(CC1CC1)C(=O)c1ccccc1-n1cnc(Cn2nc(-c3ccc(Cl)cc3)n(CC(O)C(F)(F)F)c2=O)n1. The predicted molar refractivity (Wildman–Crippen MR) is 139 cm³/mol. The van der Waals surface area contributed by atoms with Gasteiger partial charge in [-0.2, -0.15) is 13.2 Å². The number of halogens is 4. The first-order valence-electron chi connectivity index (χ1n) is 12.4. The minimum absolute atomic E-state index is 0.0842. The molecule has 1 amide bonds. The number of nitrogens with zero attached hydrogens (tertiary/aromatic N) is 7. The van der Waals surface area contributed by atoms with Gasteiger partial charge in [-0.15, -0.1) is 10.2 Å². The lowest BCUT2D eigenvalue weighted by Crippen LogP contribution is -2.37. The molecule has 210 valence electrons. The maximum absolute atomic E-state index is 13.1. The number of hydrogen-bond acceptors (Lipinski definition) is 6. The van der Waals surface area contributed by atoms with Gasteiger partial charge in [-0.3, -0.25) is 9.36 Å². The van der Waals surface area contributed by atoms with Crippen molar-refractivity contribution in [2.24, 2.45) is 5.92 Å². The Morgan fingerprint density at radius 1 is 1.15 bits per heavy atom. The molecule has 2 heterocycles. The van der Waals surface area contributed by atoms with Crippen LogP contribution in [0.2, 0.25) is 5.02 Å². The van der Waals surface area contributed by atoms with Gasteiger partial charge in [0.25, 0.3) is 5.91 Å². The van der Waals surface area contributed by atoms with Crippen LogP contribution >= 0.6 is 11.6 Å². The van der Waals surface area contributed by atoms with Crippen LogP contribution in [-0.2, 0) is 13.1 Å². The van der Waals surface area contributed by atoms with Crippen LogP contribution in [0.25, 0.3) is 17.1 Å². The van der Waals surface area contributed by atoms with Gasteiger partial charge in [0.2, 0.25) is 0 Å². The highest BCUT2D eigenvalue weighted by atomic mass is 35.5. The molecule has 1 saturated carbocycles. The number of carbonyl (C=O) groups is 1. The molecule has 1 aliphatic rings. The van der Waals surface area contributed by atoms with Gasteiger partial charge < -0.3 is 10.0 Å². The molecule has 1 unspecified atom stereocenters. The maximum Gasteiger partial charge on any atom is 0.416 e. The van der Waals surface area contributed by atoms with Crippen molar-refractivity contribution < 1.29 is 23.1 Å². The van der Waals surface area contributed by atoms with E-state index in [4.69, 9.17) is 11.6 Å². The molecular weight excluding hydrogens is 551 g/mol. The summed E-state index contributed by atoms with van der Waals surface area (Å²) < 4.78 is 42.4. The highest BCUT2D eigenvalue weighted by Gasteiger charge is 2.39. The van der Waals surface area contributed by atoms with Gasteiger partial charge in [0.05, 0.1) is 17.8 Å². The van der Waals surface area contributed by atoms with Crippen molar-refractivity contribution in [1.29, 1.82) is 0 Å². The number of benzene rings is 2. The maximum atomic E-state index is 13.1. The molecule has 5 rings (SSSR count). The Hall–Kier alpha value is -3.97. The summed E-state index contributed by atoms with van der Waals surface area (Å²) in [7, 11) is 1.75. The standard InChI is InChI=1S/C26H25ClF3N7O3/c1-34(12-16-6-7-16)24(39)19-4-2-3-5-20(19)37-15-31-22(32-37)14-36-25(40)35(13-21(38)26(28,29)30)23(33-36)17-8-10-18(27)11-9-17/h2-5,8-11,15-16,21,38H,6-7,12-14H2,1H3. The zero-order valence-electron chi connectivity index (χ0n) is 21.3. The number of rotatable bonds is 9. The van der Waals surface area contributed by atoms with Crippen molar-refractivity contribution in [2.45, 2.75) is 38.2 Å². The molecule has 4 aromatic rings. The second-order valence-corrected chi connectivity index (χ2v) is 10.1. The Morgan fingerprint density at radius 2 is 1.85 bits per heavy atom. The average Bonchev–Trinajstić information content (AvgIpc) is 3.53. The third-order valence-electron chi connectivity index (χ3n) is 6.55. The summed E-state index contributed by atoms with van der Waals surface area (Å²) >= 11 is 5.93. The van der Waals surface area contributed by atoms with E-state index in [1.54, 1.807) is 36.2 Å². The molecule has 2 aromatic carbocycles. The molecule has 0 spiro atoms. The monoisotopic (exact) mass is 575 g/mol. The number of alkyl halides is 3. The minimum Gasteiger partial charge on any atom is -0.382 e. The molecule has 0 radical (unpaired) electrons. The average molecular weight is 576 g/mol. The van der Waals surface area contributed by atoms with Gasteiger partial charge in [-0.05, 0) is 55.2 Å². The molecule has 0 aliphatic heterocycles. The number of aromatic nitrogens is 6. The van der Waals surface area contributed by atoms with Crippen molar-refractivity contribution in [3.63, 3.8) is 0 Å². The summed E-state index contributed by atoms with van der Waals surface area (Å²) in [5, 5.41) is 18.7. The lowest BCUT2D eigenvalue weighted by molar-refractivity contribution is -0.207. The summed E-state index contributed by atoms with van der Waals surface area (Å²) in [4.78, 5) is 32.1. The van der Waals surface area contributed by atoms with Crippen LogP contribution in [0.1, 0.15) is 29.0 Å². The van der Waals surface area contributed by atoms with Gasteiger partial charge in [0, 0.05) is 24.2 Å². The predicted octanol–water partition coefficient (Wildman–Crippen LogP) is 3.40. The Morgan fingerprint density at radius 3 is 2.52 bits per heavy atom. The first kappa shape index (κ1) is 27.6. The van der Waals surface area contributed by atoms with Gasteiger partial charge in [0.1, 0.15) is 12.9 Å². The Balaban J connectivity index is 1.44. The quantitative estimate of drug-likeness (QED) is 0.327. The molecule has 10 nitrogen and oxygen atoms in total. The molecule has 0 saturated heterocycles. The zero-order valence-corrected chi connectivity index (χ0v) is 22.0. The molecule has 2 aromatic heterocycles. The lowest BCUT2D eigenvalue weighted by atomic mass is 10.1. The molecule has 1 fully saturated rings. The van der Waals surface area contributed by atoms with E-state index in [1.807, 2.05) is 0 Å². The van der Waals surface area contributed by atoms with Crippen LogP contribution in [0.15, 0.2) is 59.7 Å². The highest BCUT2D eigenvalue weighted by molar-refractivity contribution is 6.30. The van der Waals surface area contributed by atoms with Crippen molar-refractivity contribution in [2.75, 3.05) is 13.6 Å². The van der Waals surface area contributed by atoms with Gasteiger partial charge in [0.15, 0.2) is 17.8 Å². The van der Waals surface area contributed by atoms with Crippen LogP contribution in [0.3, 0.4) is 0 Å². The fraction of sp³-hybridized carbons (Fsp3) is 0.346. The number of amides is 1. The molecule has 40 heavy (non-hydrogen) atoms. The van der Waals surface area contributed by atoms with E-state index < -0.39 is 24.5 Å². The number of hydrogen-bond donors (Lipinski definition) is 1. The number of para-hydroxylation sites is 1. The first-order valence-corrected chi connectivity index (χ1v) is 12.8. The van der Waals surface area contributed by atoms with Crippen molar-refractivity contribution >= 4 is 17.5 Å². The topological polar surface area (TPSA) is 111 Å². The smallest absolute Gasteiger partial charge is 0.382 e. The molecular formula is C26H25ClF3N7O3. The fourth-order valence-corrected chi connectivity index (χ4v) is 4.37. The largest absolute Gasteiger partial charge is 0.416 e. The van der Waals surface area contributed by atoms with Crippen LogP contribution in [0, 0.1) is 5.92 Å². The van der Waals surface area contributed by atoms with Crippen molar-refractivity contribution in [3.05, 3.63) is 81.8 Å². The van der Waals surface area contributed by atoms with Crippen molar-refractivity contribution in [3.8, 4) is 17.1 Å². The summed E-state index contributed by atoms with van der Waals surface area (Å²) in [5.74, 6) is 0.413. The van der Waals surface area contributed by atoms with Crippen LogP contribution in [0.4, 0.5) is 13.2 Å². The molecule has 14 heteroatoms. The Labute approximate surface area is 231 Å². The van der Waals surface area contributed by atoms with Gasteiger partial charge in [-0.25, -0.2) is 19.1 Å². The van der Waals surface area contributed by atoms with Crippen LogP contribution < -0.4 is 5.69 Å². The van der Waals surface area contributed by atoms with E-state index in [-0.39, 0.29) is 24.1 Å². The van der Waals surface area contributed by atoms with Crippen LogP contribution in [0.5, 0.6) is 0 Å². The minimum atomic E-state index is -4.93. The number of aliphatic hydroxyl groups excluding tert-OH is 1. The molecule has 1 atom stereocenters. The Bertz CT molecular complexity index is 1580. The van der Waals surface area contributed by atoms with Gasteiger partial charge >= 0.3 is 11.9 Å². The number of carbonyl (C=O) groups excluding carboxylic acids is 1. The van der Waals surface area contributed by atoms with Gasteiger partial charge in [-0.1, -0.05) is 23.7 Å². The summed E-state index contributed by atoms with van der Waals surface area (Å²) in [6, 6.07) is 12.9. The molecule has 1 aliphatic carbocycles. The third kappa shape index (κ3) is 5.94. The second-order valence-electron chi connectivity index (χ2n) is 9.69. The zero-order chi connectivity index (χ0) is 28.6. The first-order chi connectivity index (χ1) is 19.0. The van der Waals surface area contributed by atoms with E-state index in [0.717, 1.165) is 22.1 Å². The molecule has 1 N–H and O–H groups in total. The van der Waals surface area contributed by atoms with E-state index in [0.29, 0.717) is 34.3 Å². The normalized spacial score (nSPS) is 14.3. The lowest BCUT2D eigenvalue weighted by Gasteiger charge is -2.18. The fourth-order valence-electron chi connectivity index (χ4n) is 4.25. The summed E-state index contributed by atoms with van der Waals surface area (Å²) in [6.07, 6.45) is -4.11. The summed E-state index contributed by atoms with van der Waals surface area (Å²) in [5.41, 5.74) is 0.356. The molecule has 0 bridgehead atoms.